The van der Waals surface area contributed by atoms with Gasteiger partial charge in [0.15, 0.2) is 0 Å². The van der Waals surface area contributed by atoms with Gasteiger partial charge in [-0.2, -0.15) is 8.42 Å². The molecule has 0 aromatic carbocycles. The molecule has 0 amide bonds. The van der Waals surface area contributed by atoms with Crippen molar-refractivity contribution >= 4 is 10.2 Å². The van der Waals surface area contributed by atoms with Crippen molar-refractivity contribution in [2.24, 2.45) is 5.92 Å². The molecule has 0 atom stereocenters. The third-order valence-corrected chi connectivity index (χ3v) is 3.27. The van der Waals surface area contributed by atoms with E-state index in [9.17, 15) is 8.42 Å². The Morgan fingerprint density at radius 3 is 2.64 bits per heavy atom. The first-order valence-corrected chi connectivity index (χ1v) is 6.36. The summed E-state index contributed by atoms with van der Waals surface area (Å²) < 4.78 is 26.7. The predicted molar refractivity (Wildman–Crippen MR) is 53.7 cm³/mol. The zero-order valence-corrected chi connectivity index (χ0v) is 9.51. The quantitative estimate of drug-likeness (QED) is 0.753. The van der Waals surface area contributed by atoms with E-state index in [1.54, 1.807) is 0 Å². The summed E-state index contributed by atoms with van der Waals surface area (Å²) in [5.41, 5.74) is 0. The maximum Gasteiger partial charge on any atom is 0.301 e. The molecule has 14 heavy (non-hydrogen) atoms. The van der Waals surface area contributed by atoms with Crippen LogP contribution < -0.4 is 4.72 Å². The molecule has 1 rings (SSSR count). The van der Waals surface area contributed by atoms with Crippen molar-refractivity contribution in [3.63, 3.8) is 0 Å². The Kier molecular flexibility index (Phi) is 4.31. The Hall–Kier alpha value is -0.170. The smallest absolute Gasteiger partial charge is 0.283 e. The average molecular weight is 222 g/mol. The van der Waals surface area contributed by atoms with Gasteiger partial charge in [0.05, 0.1) is 6.61 Å². The zero-order chi connectivity index (χ0) is 10.6. The Balaban J connectivity index is 2.46. The molecule has 1 aliphatic heterocycles. The lowest BCUT2D eigenvalue weighted by Gasteiger charge is -2.25. The number of hydroxylamine groups is 1. The lowest BCUT2D eigenvalue weighted by molar-refractivity contribution is -0.109. The molecule has 1 saturated heterocycles. The number of nitrogens with one attached hydrogen (secondary N) is 1. The topological polar surface area (TPSA) is 58.6 Å². The van der Waals surface area contributed by atoms with E-state index < -0.39 is 10.2 Å². The van der Waals surface area contributed by atoms with Crippen LogP contribution in [0.4, 0.5) is 0 Å². The summed E-state index contributed by atoms with van der Waals surface area (Å²) in [7, 11) is -3.42. The summed E-state index contributed by atoms with van der Waals surface area (Å²) in [6.07, 6.45) is 1.79. The standard InChI is InChI=1S/C8H18N2O3S/c1-8(2)7-9-14(11,12)10-5-3-4-6-13-10/h8-9H,3-7H2,1-2H3. The van der Waals surface area contributed by atoms with Gasteiger partial charge >= 0.3 is 10.2 Å². The maximum absolute atomic E-state index is 11.6. The van der Waals surface area contributed by atoms with Crippen LogP contribution in [0.3, 0.4) is 0 Å². The van der Waals surface area contributed by atoms with E-state index in [0.717, 1.165) is 17.3 Å². The van der Waals surface area contributed by atoms with Crippen LogP contribution in [0.25, 0.3) is 0 Å². The highest BCUT2D eigenvalue weighted by molar-refractivity contribution is 7.87. The lowest BCUT2D eigenvalue weighted by atomic mass is 10.2. The van der Waals surface area contributed by atoms with Crippen LogP contribution in [0.1, 0.15) is 26.7 Å². The number of hydrogen-bond donors (Lipinski definition) is 1. The van der Waals surface area contributed by atoms with Crippen molar-refractivity contribution in [3.05, 3.63) is 0 Å². The minimum atomic E-state index is -3.42. The third-order valence-electron chi connectivity index (χ3n) is 1.91. The van der Waals surface area contributed by atoms with Crippen LogP contribution in [-0.4, -0.2) is 32.6 Å². The summed E-state index contributed by atoms with van der Waals surface area (Å²) in [5, 5.41) is 0. The molecule has 0 radical (unpaired) electrons. The van der Waals surface area contributed by atoms with Crippen LogP contribution in [0.2, 0.25) is 0 Å². The van der Waals surface area contributed by atoms with Gasteiger partial charge in [0.25, 0.3) is 0 Å². The first kappa shape index (κ1) is 11.9. The zero-order valence-electron chi connectivity index (χ0n) is 8.69. The molecule has 0 spiro atoms. The number of rotatable bonds is 4. The molecule has 6 heteroatoms. The normalized spacial score (nSPS) is 20.2. The van der Waals surface area contributed by atoms with Crippen molar-refractivity contribution in [1.29, 1.82) is 0 Å². The largest absolute Gasteiger partial charge is 0.301 e. The summed E-state index contributed by atoms with van der Waals surface area (Å²) in [6, 6.07) is 0. The second-order valence-electron chi connectivity index (χ2n) is 3.81. The molecule has 1 N–H and O–H groups in total. The van der Waals surface area contributed by atoms with E-state index in [0.29, 0.717) is 25.6 Å². The van der Waals surface area contributed by atoms with E-state index in [4.69, 9.17) is 4.84 Å². The van der Waals surface area contributed by atoms with Gasteiger partial charge in [-0.05, 0) is 18.8 Å². The Bertz CT molecular complexity index is 258. The van der Waals surface area contributed by atoms with Crippen molar-refractivity contribution in [1.82, 2.24) is 9.19 Å². The molecule has 1 heterocycles. The van der Waals surface area contributed by atoms with Gasteiger partial charge in [0, 0.05) is 13.1 Å². The molecule has 5 nitrogen and oxygen atoms in total. The first-order valence-electron chi connectivity index (χ1n) is 4.92. The third kappa shape index (κ3) is 3.53. The second kappa shape index (κ2) is 5.06. The molecule has 0 aliphatic carbocycles. The minimum absolute atomic E-state index is 0.301. The van der Waals surface area contributed by atoms with Gasteiger partial charge in [-0.3, -0.25) is 4.84 Å². The van der Waals surface area contributed by atoms with Crippen molar-refractivity contribution in [2.45, 2.75) is 26.7 Å². The molecule has 1 aliphatic rings. The summed E-state index contributed by atoms with van der Waals surface area (Å²) in [5.74, 6) is 0.301. The van der Waals surface area contributed by atoms with Gasteiger partial charge in [0.1, 0.15) is 0 Å². The highest BCUT2D eigenvalue weighted by atomic mass is 32.2. The van der Waals surface area contributed by atoms with Gasteiger partial charge < -0.3 is 0 Å². The van der Waals surface area contributed by atoms with Crippen molar-refractivity contribution in [3.8, 4) is 0 Å². The SMILES string of the molecule is CC(C)CNS(=O)(=O)N1CCCCO1. The fraction of sp³-hybridized carbons (Fsp3) is 1.00. The summed E-state index contributed by atoms with van der Waals surface area (Å²) >= 11 is 0. The maximum atomic E-state index is 11.6. The van der Waals surface area contributed by atoms with Crippen LogP contribution in [0.5, 0.6) is 0 Å². The minimum Gasteiger partial charge on any atom is -0.283 e. The molecule has 0 aromatic rings. The predicted octanol–water partition coefficient (Wildman–Crippen LogP) is 0.504. The van der Waals surface area contributed by atoms with Crippen LogP contribution in [0, 0.1) is 5.92 Å². The highest BCUT2D eigenvalue weighted by Crippen LogP contribution is 2.09. The van der Waals surface area contributed by atoms with Crippen molar-refractivity contribution < 1.29 is 13.3 Å². The Morgan fingerprint density at radius 2 is 2.14 bits per heavy atom. The lowest BCUT2D eigenvalue weighted by Crippen LogP contribution is -2.44. The molecule has 0 aromatic heterocycles. The van der Waals surface area contributed by atoms with E-state index in [2.05, 4.69) is 4.72 Å². The monoisotopic (exact) mass is 222 g/mol. The van der Waals surface area contributed by atoms with Gasteiger partial charge in [-0.1, -0.05) is 18.3 Å². The fourth-order valence-corrected chi connectivity index (χ4v) is 2.38. The average Bonchev–Trinajstić information content (AvgIpc) is 2.16. The van der Waals surface area contributed by atoms with Crippen LogP contribution >= 0.6 is 0 Å². The van der Waals surface area contributed by atoms with E-state index >= 15 is 0 Å². The molecule has 1 fully saturated rings. The van der Waals surface area contributed by atoms with Gasteiger partial charge in [-0.25, -0.2) is 4.72 Å². The highest BCUT2D eigenvalue weighted by Gasteiger charge is 2.24. The van der Waals surface area contributed by atoms with Gasteiger partial charge in [-0.15, -0.1) is 0 Å². The summed E-state index contributed by atoms with van der Waals surface area (Å²) in [4.78, 5) is 5.06. The summed E-state index contributed by atoms with van der Waals surface area (Å²) in [6.45, 7) is 5.30. The Labute approximate surface area is 85.6 Å². The van der Waals surface area contributed by atoms with Crippen molar-refractivity contribution in [2.75, 3.05) is 19.7 Å². The fourth-order valence-electron chi connectivity index (χ4n) is 1.11. The molecule has 0 bridgehead atoms. The van der Waals surface area contributed by atoms with Crippen LogP contribution in [-0.2, 0) is 15.0 Å². The van der Waals surface area contributed by atoms with E-state index in [1.165, 1.54) is 0 Å². The van der Waals surface area contributed by atoms with E-state index in [1.807, 2.05) is 13.8 Å². The molecule has 84 valence electrons. The number of hydrogen-bond acceptors (Lipinski definition) is 3. The Morgan fingerprint density at radius 1 is 1.43 bits per heavy atom. The second-order valence-corrected chi connectivity index (χ2v) is 5.46. The molecular formula is C8H18N2O3S. The van der Waals surface area contributed by atoms with Crippen LogP contribution in [0.15, 0.2) is 0 Å². The van der Waals surface area contributed by atoms with E-state index in [-0.39, 0.29) is 0 Å². The van der Waals surface area contributed by atoms with Gasteiger partial charge in [0.2, 0.25) is 0 Å². The number of nitrogens with zero attached hydrogens (tertiary/aromatic N) is 1. The molecule has 0 saturated carbocycles. The molecular weight excluding hydrogens is 204 g/mol. The first-order chi connectivity index (χ1) is 6.52. The molecule has 0 unspecified atom stereocenters.